The minimum atomic E-state index is -0.707. The van der Waals surface area contributed by atoms with Crippen LogP contribution in [-0.2, 0) is 17.9 Å². The maximum Gasteiger partial charge on any atom is 0.303 e. The minimum Gasteiger partial charge on any atom is -0.481 e. The normalized spacial score (nSPS) is 10.4. The number of nitrogens with zero attached hydrogens (tertiary/aromatic N) is 2. The van der Waals surface area contributed by atoms with E-state index in [2.05, 4.69) is 16.1 Å². The number of aryl methyl sites for hydroxylation is 2. The van der Waals surface area contributed by atoms with Crippen LogP contribution in [0.1, 0.15) is 26.2 Å². The lowest BCUT2D eigenvalue weighted by Gasteiger charge is -1.95. The molecule has 0 atom stereocenters. The Labute approximate surface area is 83.8 Å². The summed E-state index contributed by atoms with van der Waals surface area (Å²) in [5, 5.41) is 8.44. The van der Waals surface area contributed by atoms with E-state index in [1.54, 1.807) is 0 Å². The molecule has 0 aromatic carbocycles. The zero-order valence-corrected chi connectivity index (χ0v) is 8.52. The van der Waals surface area contributed by atoms with Crippen LogP contribution in [0.25, 0.3) is 0 Å². The maximum atomic E-state index is 10.3. The summed E-state index contributed by atoms with van der Waals surface area (Å²) in [5.74, 6) is -0.707. The van der Waals surface area contributed by atoms with E-state index in [1.165, 1.54) is 0 Å². The van der Waals surface area contributed by atoms with Gasteiger partial charge in [0, 0.05) is 6.42 Å². The molecule has 0 unspecified atom stereocenters. The molecule has 78 valence electrons. The van der Waals surface area contributed by atoms with E-state index in [0.717, 1.165) is 25.9 Å². The molecule has 1 heterocycles. The number of rotatable bonds is 6. The lowest BCUT2D eigenvalue weighted by molar-refractivity contribution is -0.696. The van der Waals surface area contributed by atoms with Gasteiger partial charge in [-0.3, -0.25) is 4.79 Å². The van der Waals surface area contributed by atoms with E-state index in [0.29, 0.717) is 0 Å². The van der Waals surface area contributed by atoms with Crippen molar-refractivity contribution in [2.24, 2.45) is 0 Å². The largest absolute Gasteiger partial charge is 0.481 e. The van der Waals surface area contributed by atoms with Crippen LogP contribution < -0.4 is 4.57 Å². The number of aliphatic carboxylic acids is 1. The second-order valence-corrected chi connectivity index (χ2v) is 3.33. The van der Waals surface area contributed by atoms with Crippen LogP contribution in [0.5, 0.6) is 0 Å². The first-order valence-corrected chi connectivity index (χ1v) is 4.99. The van der Waals surface area contributed by atoms with E-state index in [9.17, 15) is 4.79 Å². The van der Waals surface area contributed by atoms with Crippen molar-refractivity contribution >= 4 is 5.97 Å². The molecule has 0 aliphatic rings. The van der Waals surface area contributed by atoms with Crippen molar-refractivity contribution in [2.75, 3.05) is 0 Å². The summed E-state index contributed by atoms with van der Waals surface area (Å²) in [6.45, 7) is 3.97. The minimum absolute atomic E-state index is 0.273. The zero-order valence-electron chi connectivity index (χ0n) is 8.52. The molecule has 1 aromatic rings. The van der Waals surface area contributed by atoms with Gasteiger partial charge in [0.2, 0.25) is 6.33 Å². The average Bonchev–Trinajstić information content (AvgIpc) is 2.60. The molecular formula is C10H17N2O2+. The summed E-state index contributed by atoms with van der Waals surface area (Å²) in [5.41, 5.74) is 0. The van der Waals surface area contributed by atoms with Gasteiger partial charge in [0.25, 0.3) is 0 Å². The first-order valence-electron chi connectivity index (χ1n) is 4.99. The van der Waals surface area contributed by atoms with Gasteiger partial charge in [-0.25, -0.2) is 9.13 Å². The molecule has 0 aliphatic heterocycles. The van der Waals surface area contributed by atoms with Crippen LogP contribution in [0.4, 0.5) is 0 Å². The summed E-state index contributed by atoms with van der Waals surface area (Å²) >= 11 is 0. The molecule has 1 rings (SSSR count). The molecule has 1 N–H and O–H groups in total. The van der Waals surface area contributed by atoms with Gasteiger partial charge < -0.3 is 5.11 Å². The van der Waals surface area contributed by atoms with Crippen LogP contribution in [0.2, 0.25) is 0 Å². The van der Waals surface area contributed by atoms with Crippen molar-refractivity contribution in [3.05, 3.63) is 18.7 Å². The standard InChI is InChI=1S/C10H16N2O2/c1-2-11-7-8-12(9-11)6-4-3-5-10(13)14/h7-9H,2-6H2,1H3/p+1. The van der Waals surface area contributed by atoms with Crippen molar-refractivity contribution in [2.45, 2.75) is 39.3 Å². The maximum absolute atomic E-state index is 10.3. The van der Waals surface area contributed by atoms with E-state index in [4.69, 9.17) is 5.11 Å². The Morgan fingerprint density at radius 2 is 2.29 bits per heavy atom. The van der Waals surface area contributed by atoms with Crippen molar-refractivity contribution in [3.8, 4) is 0 Å². The molecule has 0 aliphatic carbocycles. The van der Waals surface area contributed by atoms with Crippen molar-refractivity contribution in [3.63, 3.8) is 0 Å². The molecule has 0 bridgehead atoms. The van der Waals surface area contributed by atoms with Crippen LogP contribution in [0.15, 0.2) is 18.7 Å². The molecule has 4 heteroatoms. The number of unbranched alkanes of at least 4 members (excludes halogenated alkanes) is 1. The molecule has 1 aromatic heterocycles. The summed E-state index contributed by atoms with van der Waals surface area (Å²) in [6.07, 6.45) is 8.03. The summed E-state index contributed by atoms with van der Waals surface area (Å²) in [7, 11) is 0. The topological polar surface area (TPSA) is 46.1 Å². The second kappa shape index (κ2) is 5.42. The fourth-order valence-corrected chi connectivity index (χ4v) is 1.33. The Bertz CT molecular complexity index is 294. The van der Waals surface area contributed by atoms with E-state index in [1.807, 2.05) is 18.7 Å². The van der Waals surface area contributed by atoms with Gasteiger partial charge in [-0.15, -0.1) is 0 Å². The van der Waals surface area contributed by atoms with Gasteiger partial charge in [0.05, 0.1) is 13.1 Å². The highest BCUT2D eigenvalue weighted by molar-refractivity contribution is 5.66. The highest BCUT2D eigenvalue weighted by atomic mass is 16.4. The van der Waals surface area contributed by atoms with E-state index < -0.39 is 5.97 Å². The third-order valence-electron chi connectivity index (χ3n) is 2.17. The Morgan fingerprint density at radius 1 is 1.50 bits per heavy atom. The number of hydrogen-bond acceptors (Lipinski definition) is 1. The summed E-state index contributed by atoms with van der Waals surface area (Å²) in [4.78, 5) is 10.3. The third kappa shape index (κ3) is 3.60. The Hall–Kier alpha value is -1.32. The Balaban J connectivity index is 2.21. The first kappa shape index (κ1) is 10.8. The van der Waals surface area contributed by atoms with Crippen LogP contribution in [-0.4, -0.2) is 15.6 Å². The predicted octanol–water partition coefficient (Wildman–Crippen LogP) is 1.05. The van der Waals surface area contributed by atoms with Crippen molar-refractivity contribution < 1.29 is 14.5 Å². The quantitative estimate of drug-likeness (QED) is 0.547. The van der Waals surface area contributed by atoms with Crippen molar-refractivity contribution in [1.29, 1.82) is 0 Å². The Morgan fingerprint density at radius 3 is 2.86 bits per heavy atom. The zero-order chi connectivity index (χ0) is 10.4. The van der Waals surface area contributed by atoms with Crippen LogP contribution in [0.3, 0.4) is 0 Å². The monoisotopic (exact) mass is 197 g/mol. The number of carbonyl (C=O) groups is 1. The highest BCUT2D eigenvalue weighted by Crippen LogP contribution is 1.95. The van der Waals surface area contributed by atoms with E-state index >= 15 is 0 Å². The number of imidazole rings is 1. The predicted molar refractivity (Wildman–Crippen MR) is 51.8 cm³/mol. The van der Waals surface area contributed by atoms with Crippen LogP contribution >= 0.6 is 0 Å². The number of carboxylic acid groups (broad SMARTS) is 1. The molecular weight excluding hydrogens is 180 g/mol. The lowest BCUT2D eigenvalue weighted by atomic mass is 10.2. The molecule has 0 radical (unpaired) electrons. The molecule has 14 heavy (non-hydrogen) atoms. The molecule has 0 amide bonds. The second-order valence-electron chi connectivity index (χ2n) is 3.33. The molecule has 0 fully saturated rings. The van der Waals surface area contributed by atoms with Gasteiger partial charge in [-0.1, -0.05) is 0 Å². The van der Waals surface area contributed by atoms with Crippen LogP contribution in [0, 0.1) is 0 Å². The lowest BCUT2D eigenvalue weighted by Crippen LogP contribution is -2.30. The molecule has 0 saturated heterocycles. The molecule has 4 nitrogen and oxygen atoms in total. The summed E-state index contributed by atoms with van der Waals surface area (Å²) in [6, 6.07) is 0. The van der Waals surface area contributed by atoms with Gasteiger partial charge in [-0.2, -0.15) is 0 Å². The fraction of sp³-hybridized carbons (Fsp3) is 0.600. The SMILES string of the molecule is CCn1cc[n+](CCCCC(=O)O)c1. The number of aromatic nitrogens is 2. The average molecular weight is 197 g/mol. The summed E-state index contributed by atoms with van der Waals surface area (Å²) < 4.78 is 4.18. The van der Waals surface area contributed by atoms with Gasteiger partial charge in [-0.05, 0) is 19.8 Å². The Kier molecular flexibility index (Phi) is 4.16. The van der Waals surface area contributed by atoms with Gasteiger partial charge in [0.15, 0.2) is 0 Å². The van der Waals surface area contributed by atoms with Gasteiger partial charge >= 0.3 is 5.97 Å². The number of hydrogen-bond donors (Lipinski definition) is 1. The van der Waals surface area contributed by atoms with Crippen molar-refractivity contribution in [1.82, 2.24) is 4.57 Å². The first-order chi connectivity index (χ1) is 6.72. The number of carboxylic acids is 1. The fourth-order valence-electron chi connectivity index (χ4n) is 1.33. The molecule has 0 spiro atoms. The highest BCUT2D eigenvalue weighted by Gasteiger charge is 2.02. The molecule has 0 saturated carbocycles. The smallest absolute Gasteiger partial charge is 0.303 e. The third-order valence-corrected chi connectivity index (χ3v) is 2.17. The van der Waals surface area contributed by atoms with E-state index in [-0.39, 0.29) is 6.42 Å². The van der Waals surface area contributed by atoms with Gasteiger partial charge in [0.1, 0.15) is 12.4 Å².